The molecule has 0 aromatic carbocycles. The second-order valence-corrected chi connectivity index (χ2v) is 6.60. The fourth-order valence-electron chi connectivity index (χ4n) is 2.80. The molecule has 0 radical (unpaired) electrons. The van der Waals surface area contributed by atoms with Crippen LogP contribution in [0, 0.1) is 11.3 Å². The molecule has 2 aliphatic heterocycles. The van der Waals surface area contributed by atoms with E-state index in [1.54, 1.807) is 0 Å². The van der Waals surface area contributed by atoms with Crippen LogP contribution in [0.4, 0.5) is 0 Å². The van der Waals surface area contributed by atoms with Crippen LogP contribution >= 0.6 is 0 Å². The smallest absolute Gasteiger partial charge is 0.324 e. The Labute approximate surface area is 124 Å². The molecule has 2 rings (SSSR count). The zero-order valence-electron chi connectivity index (χ0n) is 12.9. The molecule has 0 aromatic rings. The summed E-state index contributed by atoms with van der Waals surface area (Å²) in [7, 11) is 0. The molecular formula is C15H22O6. The SMILES string of the molecule is CC(=O)[C@@]1(C)C[C@@]2(C[C@@H](COCC(C)C)OC2=O)C(=O)O1. The molecule has 2 heterocycles. The van der Waals surface area contributed by atoms with E-state index in [2.05, 4.69) is 0 Å². The topological polar surface area (TPSA) is 78.9 Å². The van der Waals surface area contributed by atoms with Gasteiger partial charge in [-0.25, -0.2) is 0 Å². The standard InChI is InChI=1S/C15H22O6/c1-9(2)6-19-7-11-5-15(12(17)20-11)8-14(4,10(3)16)21-13(15)18/h9,11H,5-8H2,1-4H3/t11-,14+,15+/m0/s1. The Kier molecular flexibility index (Phi) is 4.10. The van der Waals surface area contributed by atoms with Gasteiger partial charge in [-0.05, 0) is 19.8 Å². The van der Waals surface area contributed by atoms with Crippen LogP contribution in [0.1, 0.15) is 40.5 Å². The lowest BCUT2D eigenvalue weighted by Crippen LogP contribution is -2.35. The van der Waals surface area contributed by atoms with Crippen molar-refractivity contribution in [3.05, 3.63) is 0 Å². The van der Waals surface area contributed by atoms with Gasteiger partial charge in [0.25, 0.3) is 0 Å². The Morgan fingerprint density at radius 3 is 2.57 bits per heavy atom. The van der Waals surface area contributed by atoms with E-state index in [-0.39, 0.29) is 25.2 Å². The van der Waals surface area contributed by atoms with Crippen molar-refractivity contribution in [1.29, 1.82) is 0 Å². The number of hydrogen-bond donors (Lipinski definition) is 0. The molecule has 0 amide bonds. The minimum atomic E-state index is -1.34. The summed E-state index contributed by atoms with van der Waals surface area (Å²) in [6, 6.07) is 0. The molecule has 0 bridgehead atoms. The molecule has 0 saturated carbocycles. The number of ether oxygens (including phenoxy) is 3. The van der Waals surface area contributed by atoms with Gasteiger partial charge < -0.3 is 14.2 Å². The molecule has 6 nitrogen and oxygen atoms in total. The largest absolute Gasteiger partial charge is 0.459 e. The fraction of sp³-hybridized carbons (Fsp3) is 0.800. The first kappa shape index (κ1) is 15.9. The number of hydrogen-bond acceptors (Lipinski definition) is 6. The van der Waals surface area contributed by atoms with E-state index >= 15 is 0 Å². The highest BCUT2D eigenvalue weighted by atomic mass is 16.6. The second-order valence-electron chi connectivity index (χ2n) is 6.60. The van der Waals surface area contributed by atoms with Crippen LogP contribution in [-0.2, 0) is 28.6 Å². The highest BCUT2D eigenvalue weighted by Crippen LogP contribution is 2.49. The maximum atomic E-state index is 12.1. The summed E-state index contributed by atoms with van der Waals surface area (Å²) in [6.45, 7) is 7.77. The van der Waals surface area contributed by atoms with Gasteiger partial charge in [-0.15, -0.1) is 0 Å². The summed E-state index contributed by atoms with van der Waals surface area (Å²) in [4.78, 5) is 35.9. The minimum absolute atomic E-state index is 0.0493. The fourth-order valence-corrected chi connectivity index (χ4v) is 2.80. The molecule has 118 valence electrons. The number of Topliss-reactive ketones (excluding diaryl/α,β-unsaturated/α-hetero) is 1. The van der Waals surface area contributed by atoms with E-state index in [0.717, 1.165) is 0 Å². The van der Waals surface area contributed by atoms with E-state index in [9.17, 15) is 14.4 Å². The first-order valence-electron chi connectivity index (χ1n) is 7.23. The molecule has 2 saturated heterocycles. The first-order chi connectivity index (χ1) is 9.69. The summed E-state index contributed by atoms with van der Waals surface area (Å²) in [5, 5.41) is 0. The summed E-state index contributed by atoms with van der Waals surface area (Å²) >= 11 is 0. The Morgan fingerprint density at radius 2 is 2.05 bits per heavy atom. The molecule has 2 aliphatic rings. The Hall–Kier alpha value is -1.43. The van der Waals surface area contributed by atoms with Crippen molar-refractivity contribution in [3.8, 4) is 0 Å². The molecule has 2 fully saturated rings. The van der Waals surface area contributed by atoms with Crippen LogP contribution in [0.2, 0.25) is 0 Å². The number of cyclic esters (lactones) is 2. The average Bonchev–Trinajstić information content (AvgIpc) is 2.79. The number of carbonyl (C=O) groups excluding carboxylic acids is 3. The van der Waals surface area contributed by atoms with Crippen molar-refractivity contribution in [2.75, 3.05) is 13.2 Å². The van der Waals surface area contributed by atoms with Crippen molar-refractivity contribution in [3.63, 3.8) is 0 Å². The van der Waals surface area contributed by atoms with Crippen LogP contribution < -0.4 is 0 Å². The van der Waals surface area contributed by atoms with E-state index < -0.39 is 29.1 Å². The lowest BCUT2D eigenvalue weighted by Gasteiger charge is -2.18. The van der Waals surface area contributed by atoms with Crippen molar-refractivity contribution >= 4 is 17.7 Å². The van der Waals surface area contributed by atoms with E-state index in [4.69, 9.17) is 14.2 Å². The Balaban J connectivity index is 2.05. The van der Waals surface area contributed by atoms with Gasteiger partial charge in [-0.2, -0.15) is 0 Å². The van der Waals surface area contributed by atoms with Gasteiger partial charge in [0.05, 0.1) is 6.61 Å². The van der Waals surface area contributed by atoms with Crippen LogP contribution in [0.25, 0.3) is 0 Å². The molecule has 3 atom stereocenters. The highest BCUT2D eigenvalue weighted by Gasteiger charge is 2.65. The number of ketones is 1. The summed E-state index contributed by atoms with van der Waals surface area (Å²) in [5.41, 5.74) is -2.57. The van der Waals surface area contributed by atoms with Gasteiger partial charge in [0.1, 0.15) is 6.10 Å². The van der Waals surface area contributed by atoms with Crippen molar-refractivity contribution in [2.24, 2.45) is 11.3 Å². The lowest BCUT2D eigenvalue weighted by molar-refractivity contribution is -0.162. The molecule has 1 spiro atoms. The number of carbonyl (C=O) groups is 3. The Morgan fingerprint density at radius 1 is 1.38 bits per heavy atom. The Bertz CT molecular complexity index is 471. The van der Waals surface area contributed by atoms with Crippen LogP contribution in [0.5, 0.6) is 0 Å². The maximum absolute atomic E-state index is 12.1. The number of esters is 2. The molecular weight excluding hydrogens is 276 g/mol. The molecule has 21 heavy (non-hydrogen) atoms. The summed E-state index contributed by atoms with van der Waals surface area (Å²) < 4.78 is 15.9. The van der Waals surface area contributed by atoms with Gasteiger partial charge in [0.2, 0.25) is 0 Å². The summed E-state index contributed by atoms with van der Waals surface area (Å²) in [6.07, 6.45) is -0.197. The van der Waals surface area contributed by atoms with Gasteiger partial charge >= 0.3 is 11.9 Å². The second kappa shape index (κ2) is 5.40. The zero-order valence-corrected chi connectivity index (χ0v) is 12.9. The monoisotopic (exact) mass is 298 g/mol. The quantitative estimate of drug-likeness (QED) is 0.561. The van der Waals surface area contributed by atoms with Gasteiger partial charge in [0, 0.05) is 19.4 Å². The summed E-state index contributed by atoms with van der Waals surface area (Å²) in [5.74, 6) is -1.14. The van der Waals surface area contributed by atoms with Crippen LogP contribution in [-0.4, -0.2) is 42.6 Å². The minimum Gasteiger partial charge on any atom is -0.459 e. The van der Waals surface area contributed by atoms with Gasteiger partial charge in [-0.3, -0.25) is 14.4 Å². The van der Waals surface area contributed by atoms with Crippen molar-refractivity contribution in [1.82, 2.24) is 0 Å². The third kappa shape index (κ3) is 2.81. The first-order valence-corrected chi connectivity index (χ1v) is 7.23. The molecule has 0 N–H and O–H groups in total. The highest BCUT2D eigenvalue weighted by molar-refractivity contribution is 6.06. The van der Waals surface area contributed by atoms with E-state index in [1.165, 1.54) is 13.8 Å². The van der Waals surface area contributed by atoms with Crippen LogP contribution in [0.15, 0.2) is 0 Å². The molecule has 6 heteroatoms. The molecule has 0 aliphatic carbocycles. The van der Waals surface area contributed by atoms with Crippen molar-refractivity contribution in [2.45, 2.75) is 52.2 Å². The third-order valence-corrected chi connectivity index (χ3v) is 4.09. The lowest BCUT2D eigenvalue weighted by atomic mass is 9.77. The molecule has 0 aromatic heterocycles. The van der Waals surface area contributed by atoms with E-state index in [0.29, 0.717) is 12.5 Å². The third-order valence-electron chi connectivity index (χ3n) is 4.09. The average molecular weight is 298 g/mol. The van der Waals surface area contributed by atoms with Crippen LogP contribution in [0.3, 0.4) is 0 Å². The predicted octanol–water partition coefficient (Wildman–Crippen LogP) is 1.26. The van der Waals surface area contributed by atoms with Gasteiger partial charge in [-0.1, -0.05) is 13.8 Å². The maximum Gasteiger partial charge on any atom is 0.324 e. The predicted molar refractivity (Wildman–Crippen MR) is 72.4 cm³/mol. The van der Waals surface area contributed by atoms with Gasteiger partial charge in [0.15, 0.2) is 16.8 Å². The molecule has 0 unspecified atom stereocenters. The van der Waals surface area contributed by atoms with E-state index in [1.807, 2.05) is 13.8 Å². The van der Waals surface area contributed by atoms with Crippen molar-refractivity contribution < 1.29 is 28.6 Å². The normalized spacial score (nSPS) is 35.4. The number of rotatable bonds is 5. The zero-order chi connectivity index (χ0) is 15.8.